The third kappa shape index (κ3) is 4.25. The summed E-state index contributed by atoms with van der Waals surface area (Å²) >= 11 is 0. The molecule has 0 bridgehead atoms. The van der Waals surface area contributed by atoms with Crippen molar-refractivity contribution < 1.29 is 14.6 Å². The Kier molecular flexibility index (Phi) is 6.09. The van der Waals surface area contributed by atoms with Gasteiger partial charge in [0, 0.05) is 12.1 Å². The van der Waals surface area contributed by atoms with Crippen LogP contribution in [0.25, 0.3) is 0 Å². The zero-order chi connectivity index (χ0) is 13.6. The molecular weight excluding hydrogens is 230 g/mol. The van der Waals surface area contributed by atoms with Crippen molar-refractivity contribution in [1.82, 2.24) is 5.32 Å². The molecular formula is C14H27NO3. The van der Waals surface area contributed by atoms with Gasteiger partial charge < -0.3 is 15.2 Å². The predicted molar refractivity (Wildman–Crippen MR) is 71.2 cm³/mol. The average molecular weight is 257 g/mol. The number of hydrogen-bond donors (Lipinski definition) is 2. The minimum atomic E-state index is -0.196. The summed E-state index contributed by atoms with van der Waals surface area (Å²) in [5.74, 6) is 0.309. The number of hydrogen-bond acceptors (Lipinski definition) is 4. The topological polar surface area (TPSA) is 58.6 Å². The van der Waals surface area contributed by atoms with Crippen LogP contribution in [0.15, 0.2) is 0 Å². The molecule has 3 unspecified atom stereocenters. The summed E-state index contributed by atoms with van der Waals surface area (Å²) in [7, 11) is 0. The van der Waals surface area contributed by atoms with E-state index in [1.165, 1.54) is 6.42 Å². The number of ether oxygens (including phenoxy) is 1. The molecule has 0 amide bonds. The van der Waals surface area contributed by atoms with E-state index in [0.29, 0.717) is 19.1 Å². The first-order chi connectivity index (χ1) is 8.53. The summed E-state index contributed by atoms with van der Waals surface area (Å²) in [4.78, 5) is 11.5. The Bertz CT molecular complexity index is 270. The van der Waals surface area contributed by atoms with E-state index in [-0.39, 0.29) is 24.0 Å². The summed E-state index contributed by atoms with van der Waals surface area (Å²) in [5, 5.41) is 13.0. The van der Waals surface area contributed by atoms with E-state index in [9.17, 15) is 9.90 Å². The van der Waals surface area contributed by atoms with Crippen LogP contribution in [0.5, 0.6) is 0 Å². The molecule has 0 spiro atoms. The number of aliphatic hydroxyl groups excluding tert-OH is 1. The highest BCUT2D eigenvalue weighted by Crippen LogP contribution is 2.32. The summed E-state index contributed by atoms with van der Waals surface area (Å²) < 4.78 is 4.99. The van der Waals surface area contributed by atoms with Crippen LogP contribution in [0.4, 0.5) is 0 Å². The maximum atomic E-state index is 11.5. The molecule has 4 nitrogen and oxygen atoms in total. The smallest absolute Gasteiger partial charge is 0.309 e. The second-order valence-corrected chi connectivity index (χ2v) is 5.67. The van der Waals surface area contributed by atoms with Crippen molar-refractivity contribution in [2.75, 3.05) is 19.8 Å². The van der Waals surface area contributed by atoms with Crippen LogP contribution in [0.2, 0.25) is 0 Å². The van der Waals surface area contributed by atoms with Crippen molar-refractivity contribution in [3.63, 3.8) is 0 Å². The Balaban J connectivity index is 2.46. The van der Waals surface area contributed by atoms with Crippen molar-refractivity contribution in [2.24, 2.45) is 11.8 Å². The van der Waals surface area contributed by atoms with Gasteiger partial charge >= 0.3 is 5.97 Å². The summed E-state index contributed by atoms with van der Waals surface area (Å²) in [5.41, 5.74) is -0.196. The number of aliphatic hydroxyl groups is 1. The largest absolute Gasteiger partial charge is 0.466 e. The fraction of sp³-hybridized carbons (Fsp3) is 0.929. The van der Waals surface area contributed by atoms with Crippen LogP contribution in [-0.2, 0) is 9.53 Å². The van der Waals surface area contributed by atoms with E-state index in [0.717, 1.165) is 19.3 Å². The molecule has 0 aromatic carbocycles. The van der Waals surface area contributed by atoms with Gasteiger partial charge in [0.2, 0.25) is 0 Å². The molecule has 0 aromatic rings. The van der Waals surface area contributed by atoms with Gasteiger partial charge in [-0.05, 0) is 25.7 Å². The van der Waals surface area contributed by atoms with E-state index in [1.807, 2.05) is 13.8 Å². The molecule has 106 valence electrons. The highest BCUT2D eigenvalue weighted by molar-refractivity contribution is 5.72. The van der Waals surface area contributed by atoms with Crippen LogP contribution in [0, 0.1) is 11.8 Å². The summed E-state index contributed by atoms with van der Waals surface area (Å²) in [6, 6.07) is 0. The van der Waals surface area contributed by atoms with Gasteiger partial charge in [0.1, 0.15) is 0 Å². The summed E-state index contributed by atoms with van der Waals surface area (Å²) in [6.07, 6.45) is 4.35. The lowest BCUT2D eigenvalue weighted by molar-refractivity contribution is -0.147. The molecule has 4 heteroatoms. The molecule has 0 heterocycles. The number of carbonyl (C=O) groups is 1. The molecule has 3 atom stereocenters. The van der Waals surface area contributed by atoms with Gasteiger partial charge in [0.05, 0.1) is 19.1 Å². The molecule has 0 saturated heterocycles. The fourth-order valence-electron chi connectivity index (χ4n) is 2.76. The van der Waals surface area contributed by atoms with E-state index in [2.05, 4.69) is 12.2 Å². The van der Waals surface area contributed by atoms with Crippen molar-refractivity contribution in [3.05, 3.63) is 0 Å². The van der Waals surface area contributed by atoms with E-state index >= 15 is 0 Å². The van der Waals surface area contributed by atoms with E-state index in [4.69, 9.17) is 4.74 Å². The van der Waals surface area contributed by atoms with Crippen molar-refractivity contribution in [2.45, 2.75) is 52.0 Å². The minimum absolute atomic E-state index is 0.146. The maximum absolute atomic E-state index is 11.5. The molecule has 18 heavy (non-hydrogen) atoms. The third-order valence-electron chi connectivity index (χ3n) is 3.87. The molecule has 1 fully saturated rings. The molecule has 1 aliphatic rings. The maximum Gasteiger partial charge on any atom is 0.309 e. The molecule has 1 saturated carbocycles. The molecule has 2 N–H and O–H groups in total. The highest BCUT2D eigenvalue weighted by atomic mass is 16.5. The van der Waals surface area contributed by atoms with Gasteiger partial charge in [-0.1, -0.05) is 26.7 Å². The van der Waals surface area contributed by atoms with Gasteiger partial charge in [0.25, 0.3) is 0 Å². The molecule has 0 aromatic heterocycles. The molecule has 0 aliphatic heterocycles. The number of carbonyl (C=O) groups excluding carboxylic acids is 1. The van der Waals surface area contributed by atoms with Crippen LogP contribution < -0.4 is 5.32 Å². The first-order valence-electron chi connectivity index (χ1n) is 7.05. The molecule has 1 aliphatic carbocycles. The lowest BCUT2D eigenvalue weighted by Crippen LogP contribution is -2.53. The van der Waals surface area contributed by atoms with Crippen LogP contribution >= 0.6 is 0 Å². The minimum Gasteiger partial charge on any atom is -0.466 e. The van der Waals surface area contributed by atoms with Crippen LogP contribution in [0.3, 0.4) is 0 Å². The Morgan fingerprint density at radius 2 is 2.33 bits per heavy atom. The predicted octanol–water partition coefficient (Wildman–Crippen LogP) is 1.72. The summed E-state index contributed by atoms with van der Waals surface area (Å²) in [6.45, 7) is 7.04. The average Bonchev–Trinajstić information content (AvgIpc) is 2.36. The van der Waals surface area contributed by atoms with Crippen molar-refractivity contribution in [1.29, 1.82) is 0 Å². The first kappa shape index (κ1) is 15.4. The quantitative estimate of drug-likeness (QED) is 0.711. The van der Waals surface area contributed by atoms with Crippen molar-refractivity contribution >= 4 is 5.97 Å². The van der Waals surface area contributed by atoms with Crippen LogP contribution in [-0.4, -0.2) is 36.4 Å². The Morgan fingerprint density at radius 1 is 1.61 bits per heavy atom. The second kappa shape index (κ2) is 7.10. The van der Waals surface area contributed by atoms with Gasteiger partial charge in [-0.25, -0.2) is 0 Å². The van der Waals surface area contributed by atoms with Crippen LogP contribution in [0.1, 0.15) is 46.5 Å². The third-order valence-corrected chi connectivity index (χ3v) is 3.87. The molecule has 0 radical (unpaired) electrons. The van der Waals surface area contributed by atoms with Gasteiger partial charge in [0.15, 0.2) is 0 Å². The monoisotopic (exact) mass is 257 g/mol. The Hall–Kier alpha value is -0.610. The zero-order valence-corrected chi connectivity index (χ0v) is 11.9. The van der Waals surface area contributed by atoms with E-state index in [1.54, 1.807) is 0 Å². The fourth-order valence-corrected chi connectivity index (χ4v) is 2.76. The van der Waals surface area contributed by atoms with Crippen molar-refractivity contribution in [3.8, 4) is 0 Å². The van der Waals surface area contributed by atoms with Gasteiger partial charge in [-0.3, -0.25) is 4.79 Å². The van der Waals surface area contributed by atoms with Gasteiger partial charge in [-0.2, -0.15) is 0 Å². The Morgan fingerprint density at radius 3 is 2.89 bits per heavy atom. The van der Waals surface area contributed by atoms with E-state index < -0.39 is 0 Å². The standard InChI is InChI=1S/C14H27NO3/c1-4-18-13(17)12(3)9-15-14(10-16)7-5-6-11(2)8-14/h11-12,15-16H,4-10H2,1-3H3. The number of nitrogens with one attached hydrogen (secondary N) is 1. The lowest BCUT2D eigenvalue weighted by Gasteiger charge is -2.40. The zero-order valence-electron chi connectivity index (χ0n) is 11.9. The highest BCUT2D eigenvalue weighted by Gasteiger charge is 2.34. The number of esters is 1. The second-order valence-electron chi connectivity index (χ2n) is 5.67. The lowest BCUT2D eigenvalue weighted by atomic mass is 9.76. The first-order valence-corrected chi connectivity index (χ1v) is 7.05. The number of rotatable bonds is 6. The normalized spacial score (nSPS) is 29.9. The van der Waals surface area contributed by atoms with Gasteiger partial charge in [-0.15, -0.1) is 0 Å². The Labute approximate surface area is 110 Å². The SMILES string of the molecule is CCOC(=O)C(C)CNC1(CO)CCCC(C)C1. The molecule has 1 rings (SSSR count).